The molecule has 2 heteroatoms. The summed E-state index contributed by atoms with van der Waals surface area (Å²) in [6, 6.07) is 16.9. The van der Waals surface area contributed by atoms with Gasteiger partial charge in [-0.05, 0) is 48.4 Å². The zero-order valence-electron chi connectivity index (χ0n) is 12.4. The summed E-state index contributed by atoms with van der Waals surface area (Å²) in [5.41, 5.74) is 4.08. The van der Waals surface area contributed by atoms with Crippen LogP contribution in [-0.4, -0.2) is 12.0 Å². The third-order valence-corrected chi connectivity index (χ3v) is 4.73. The van der Waals surface area contributed by atoms with E-state index < -0.39 is 0 Å². The van der Waals surface area contributed by atoms with Crippen LogP contribution in [0.5, 0.6) is 5.75 Å². The Kier molecular flexibility index (Phi) is 4.50. The number of para-hydroxylation sites is 1. The van der Waals surface area contributed by atoms with E-state index in [1.54, 1.807) is 0 Å². The van der Waals surface area contributed by atoms with Gasteiger partial charge in [0.05, 0.1) is 0 Å². The van der Waals surface area contributed by atoms with E-state index in [-0.39, 0.29) is 6.10 Å². The van der Waals surface area contributed by atoms with E-state index >= 15 is 0 Å². The number of ether oxygens (including phenoxy) is 1. The predicted molar refractivity (Wildman–Crippen MR) is 88.3 cm³/mol. The van der Waals surface area contributed by atoms with Gasteiger partial charge in [0.2, 0.25) is 0 Å². The third-order valence-electron chi connectivity index (χ3n) is 4.30. The molecule has 0 spiro atoms. The largest absolute Gasteiger partial charge is 0.490 e. The quantitative estimate of drug-likeness (QED) is 0.722. The van der Waals surface area contributed by atoms with E-state index in [1.807, 2.05) is 6.07 Å². The maximum Gasteiger partial charge on any atom is 0.123 e. The SMILES string of the molecule is Cc1ccccc1CC(CCl)CC1Cc2ccccc2O1. The van der Waals surface area contributed by atoms with Gasteiger partial charge in [0.25, 0.3) is 0 Å². The molecule has 2 aromatic rings. The van der Waals surface area contributed by atoms with E-state index in [9.17, 15) is 0 Å². The van der Waals surface area contributed by atoms with Crippen molar-refractivity contribution in [2.24, 2.45) is 5.92 Å². The van der Waals surface area contributed by atoms with Crippen molar-refractivity contribution in [3.63, 3.8) is 0 Å². The van der Waals surface area contributed by atoms with Gasteiger partial charge >= 0.3 is 0 Å². The second-order valence-corrected chi connectivity index (χ2v) is 6.25. The molecule has 21 heavy (non-hydrogen) atoms. The van der Waals surface area contributed by atoms with Gasteiger partial charge in [-0.25, -0.2) is 0 Å². The summed E-state index contributed by atoms with van der Waals surface area (Å²) < 4.78 is 6.05. The van der Waals surface area contributed by atoms with Crippen molar-refractivity contribution in [3.05, 3.63) is 65.2 Å². The molecule has 0 saturated carbocycles. The first-order valence-corrected chi connectivity index (χ1v) is 8.14. The van der Waals surface area contributed by atoms with Crippen LogP contribution in [0.4, 0.5) is 0 Å². The molecule has 0 aliphatic carbocycles. The van der Waals surface area contributed by atoms with Crippen LogP contribution in [0.15, 0.2) is 48.5 Å². The highest BCUT2D eigenvalue weighted by Crippen LogP contribution is 2.32. The molecule has 0 aromatic heterocycles. The van der Waals surface area contributed by atoms with E-state index in [0.29, 0.717) is 11.8 Å². The lowest BCUT2D eigenvalue weighted by Crippen LogP contribution is -2.21. The molecule has 0 amide bonds. The molecular weight excluding hydrogens is 280 g/mol. The third kappa shape index (κ3) is 3.41. The van der Waals surface area contributed by atoms with E-state index in [2.05, 4.69) is 49.4 Å². The minimum absolute atomic E-state index is 0.273. The first-order chi connectivity index (χ1) is 10.3. The average molecular weight is 301 g/mol. The molecule has 1 nitrogen and oxygen atoms in total. The van der Waals surface area contributed by atoms with Crippen molar-refractivity contribution in [3.8, 4) is 5.75 Å². The minimum Gasteiger partial charge on any atom is -0.490 e. The smallest absolute Gasteiger partial charge is 0.123 e. The number of fused-ring (bicyclic) bond motifs is 1. The molecule has 2 aromatic carbocycles. The number of hydrogen-bond acceptors (Lipinski definition) is 1. The molecule has 0 saturated heterocycles. The zero-order valence-corrected chi connectivity index (χ0v) is 13.1. The standard InChI is InChI=1S/C19H21ClO/c1-14-6-2-3-7-16(14)10-15(13-20)11-18-12-17-8-4-5-9-19(17)21-18/h2-9,15,18H,10-13H2,1H3. The van der Waals surface area contributed by atoms with Crippen molar-refractivity contribution in [1.82, 2.24) is 0 Å². The highest BCUT2D eigenvalue weighted by Gasteiger charge is 2.25. The first-order valence-electron chi connectivity index (χ1n) is 7.61. The van der Waals surface area contributed by atoms with Crippen LogP contribution < -0.4 is 4.74 Å². The summed E-state index contributed by atoms with van der Waals surface area (Å²) in [5.74, 6) is 2.20. The van der Waals surface area contributed by atoms with Crippen LogP contribution in [0.2, 0.25) is 0 Å². The van der Waals surface area contributed by atoms with Gasteiger partial charge in [-0.2, -0.15) is 0 Å². The van der Waals surface area contributed by atoms with E-state index in [0.717, 1.165) is 25.0 Å². The fraction of sp³-hybridized carbons (Fsp3) is 0.368. The number of aryl methyl sites for hydroxylation is 1. The molecule has 3 rings (SSSR count). The number of halogens is 1. The lowest BCUT2D eigenvalue weighted by molar-refractivity contribution is 0.198. The van der Waals surface area contributed by atoms with Gasteiger partial charge in [0.1, 0.15) is 11.9 Å². The van der Waals surface area contributed by atoms with E-state index in [1.165, 1.54) is 16.7 Å². The highest BCUT2D eigenvalue weighted by molar-refractivity contribution is 6.18. The van der Waals surface area contributed by atoms with Crippen LogP contribution in [0.25, 0.3) is 0 Å². The van der Waals surface area contributed by atoms with Crippen molar-refractivity contribution < 1.29 is 4.74 Å². The Balaban J connectivity index is 1.63. The average Bonchev–Trinajstić information content (AvgIpc) is 2.91. The Bertz CT molecular complexity index is 583. The molecular formula is C19H21ClO. The lowest BCUT2D eigenvalue weighted by atomic mass is 9.92. The molecule has 110 valence electrons. The van der Waals surface area contributed by atoms with Gasteiger partial charge < -0.3 is 4.74 Å². The summed E-state index contributed by atoms with van der Waals surface area (Å²) in [6.45, 7) is 2.17. The van der Waals surface area contributed by atoms with E-state index in [4.69, 9.17) is 16.3 Å². The normalized spacial score (nSPS) is 18.1. The van der Waals surface area contributed by atoms with Gasteiger partial charge in [-0.15, -0.1) is 11.6 Å². The van der Waals surface area contributed by atoms with Crippen LogP contribution in [-0.2, 0) is 12.8 Å². The van der Waals surface area contributed by atoms with Crippen LogP contribution in [0, 0.1) is 12.8 Å². The second kappa shape index (κ2) is 6.53. The summed E-state index contributed by atoms with van der Waals surface area (Å²) in [5, 5.41) is 0. The number of alkyl halides is 1. The maximum atomic E-state index is 6.20. The second-order valence-electron chi connectivity index (χ2n) is 5.94. The van der Waals surface area contributed by atoms with Gasteiger partial charge in [-0.3, -0.25) is 0 Å². The number of rotatable bonds is 5. The Morgan fingerprint density at radius 2 is 1.90 bits per heavy atom. The molecule has 2 unspecified atom stereocenters. The number of benzene rings is 2. The molecule has 1 aliphatic rings. The lowest BCUT2D eigenvalue weighted by Gasteiger charge is -2.19. The Hall–Kier alpha value is -1.47. The zero-order chi connectivity index (χ0) is 14.7. The fourth-order valence-corrected chi connectivity index (χ4v) is 3.34. The first kappa shape index (κ1) is 14.5. The van der Waals surface area contributed by atoms with Gasteiger partial charge in [-0.1, -0.05) is 42.5 Å². The maximum absolute atomic E-state index is 6.20. The van der Waals surface area contributed by atoms with Crippen LogP contribution >= 0.6 is 11.6 Å². The molecule has 2 atom stereocenters. The summed E-state index contributed by atoms with van der Waals surface area (Å²) >= 11 is 6.20. The summed E-state index contributed by atoms with van der Waals surface area (Å²) in [7, 11) is 0. The summed E-state index contributed by atoms with van der Waals surface area (Å²) in [4.78, 5) is 0. The van der Waals surface area contributed by atoms with Crippen LogP contribution in [0.1, 0.15) is 23.1 Å². The van der Waals surface area contributed by atoms with Crippen molar-refractivity contribution in [2.75, 3.05) is 5.88 Å². The van der Waals surface area contributed by atoms with Crippen molar-refractivity contribution in [1.29, 1.82) is 0 Å². The van der Waals surface area contributed by atoms with Crippen molar-refractivity contribution >= 4 is 11.6 Å². The van der Waals surface area contributed by atoms with Gasteiger partial charge in [0, 0.05) is 12.3 Å². The van der Waals surface area contributed by atoms with Crippen molar-refractivity contribution in [2.45, 2.75) is 32.3 Å². The Morgan fingerprint density at radius 3 is 2.67 bits per heavy atom. The molecule has 1 heterocycles. The van der Waals surface area contributed by atoms with Crippen LogP contribution in [0.3, 0.4) is 0 Å². The Labute approximate surface area is 131 Å². The molecule has 0 bridgehead atoms. The molecule has 1 aliphatic heterocycles. The summed E-state index contributed by atoms with van der Waals surface area (Å²) in [6.07, 6.45) is 3.34. The predicted octanol–water partition coefficient (Wildman–Crippen LogP) is 4.79. The monoisotopic (exact) mass is 300 g/mol. The molecule has 0 radical (unpaired) electrons. The fourth-order valence-electron chi connectivity index (χ4n) is 3.11. The highest BCUT2D eigenvalue weighted by atomic mass is 35.5. The topological polar surface area (TPSA) is 9.23 Å². The minimum atomic E-state index is 0.273. The van der Waals surface area contributed by atoms with Gasteiger partial charge in [0.15, 0.2) is 0 Å². The number of hydrogen-bond donors (Lipinski definition) is 0. The molecule has 0 fully saturated rings. The molecule has 0 N–H and O–H groups in total. The Morgan fingerprint density at radius 1 is 1.14 bits per heavy atom.